The minimum atomic E-state index is -4.24. The van der Waals surface area contributed by atoms with Crippen LogP contribution < -0.4 is 0 Å². The zero-order valence-electron chi connectivity index (χ0n) is 6.90. The van der Waals surface area contributed by atoms with Gasteiger partial charge in [0.2, 0.25) is 0 Å². The van der Waals surface area contributed by atoms with Crippen LogP contribution in [0.4, 0.5) is 13.2 Å². The van der Waals surface area contributed by atoms with E-state index in [0.29, 0.717) is 4.47 Å². The third kappa shape index (κ3) is 3.38. The van der Waals surface area contributed by atoms with Crippen molar-refractivity contribution < 1.29 is 13.2 Å². The van der Waals surface area contributed by atoms with Gasteiger partial charge in [0.15, 0.2) is 0 Å². The minimum absolute atomic E-state index is 0.0865. The van der Waals surface area contributed by atoms with Crippen LogP contribution in [0.5, 0.6) is 0 Å². The van der Waals surface area contributed by atoms with Gasteiger partial charge in [-0.15, -0.1) is 0 Å². The highest BCUT2D eigenvalue weighted by atomic mass is 79.9. The summed E-state index contributed by atoms with van der Waals surface area (Å²) >= 11 is 3.04. The molecule has 0 saturated heterocycles. The lowest BCUT2D eigenvalue weighted by molar-refractivity contribution is -0.127. The zero-order valence-corrected chi connectivity index (χ0v) is 8.48. The fraction of sp³-hybridized carbons (Fsp3) is 0.222. The van der Waals surface area contributed by atoms with Gasteiger partial charge >= 0.3 is 6.18 Å². The molecule has 1 aromatic carbocycles. The Balaban J connectivity index is 3.00. The second-order valence-electron chi connectivity index (χ2n) is 2.75. The first-order chi connectivity index (χ1) is 6.40. The first-order valence-electron chi connectivity index (χ1n) is 3.67. The van der Waals surface area contributed by atoms with Crippen LogP contribution in [0, 0.1) is 11.3 Å². The van der Waals surface area contributed by atoms with Crippen LogP contribution in [0.1, 0.15) is 11.1 Å². The topological polar surface area (TPSA) is 23.8 Å². The maximum Gasteiger partial charge on any atom is 0.393 e. The van der Waals surface area contributed by atoms with E-state index in [1.165, 1.54) is 18.2 Å². The Labute approximate surface area is 87.3 Å². The number of hydrogen-bond donors (Lipinski definition) is 0. The highest BCUT2D eigenvalue weighted by Gasteiger charge is 2.27. The zero-order chi connectivity index (χ0) is 10.8. The molecule has 74 valence electrons. The van der Waals surface area contributed by atoms with E-state index < -0.39 is 12.6 Å². The standard InChI is InChI=1S/C9H5BrF3N/c10-8-2-6(4-9(11,12)13)1-7(3-8)5-14/h1-3H,4H2. The Bertz CT molecular complexity index is 379. The van der Waals surface area contributed by atoms with Crippen molar-refractivity contribution in [2.75, 3.05) is 0 Å². The van der Waals surface area contributed by atoms with Crippen molar-refractivity contribution in [3.8, 4) is 6.07 Å². The number of rotatable bonds is 1. The smallest absolute Gasteiger partial charge is 0.192 e. The number of nitrogens with zero attached hydrogens (tertiary/aromatic N) is 1. The molecule has 14 heavy (non-hydrogen) atoms. The number of nitriles is 1. The van der Waals surface area contributed by atoms with Gasteiger partial charge in [0.1, 0.15) is 0 Å². The van der Waals surface area contributed by atoms with Crippen molar-refractivity contribution in [3.05, 3.63) is 33.8 Å². The Kier molecular flexibility index (Phi) is 3.17. The molecule has 0 aliphatic carbocycles. The molecule has 1 aromatic rings. The number of benzene rings is 1. The first-order valence-corrected chi connectivity index (χ1v) is 4.46. The maximum atomic E-state index is 12.0. The van der Waals surface area contributed by atoms with E-state index in [1.807, 2.05) is 0 Å². The maximum absolute atomic E-state index is 12.0. The summed E-state index contributed by atoms with van der Waals surface area (Å²) < 4.78 is 36.5. The molecule has 0 fully saturated rings. The molecule has 5 heteroatoms. The predicted octanol–water partition coefficient (Wildman–Crippen LogP) is 3.43. The summed E-state index contributed by atoms with van der Waals surface area (Å²) in [4.78, 5) is 0. The lowest BCUT2D eigenvalue weighted by Crippen LogP contribution is -2.11. The van der Waals surface area contributed by atoms with Gasteiger partial charge in [-0.05, 0) is 23.8 Å². The normalized spacial score (nSPS) is 11.1. The molecule has 0 aromatic heterocycles. The van der Waals surface area contributed by atoms with E-state index >= 15 is 0 Å². The van der Waals surface area contributed by atoms with Gasteiger partial charge in [-0.2, -0.15) is 18.4 Å². The lowest BCUT2D eigenvalue weighted by atomic mass is 10.1. The van der Waals surface area contributed by atoms with Crippen molar-refractivity contribution >= 4 is 15.9 Å². The fourth-order valence-corrected chi connectivity index (χ4v) is 1.59. The van der Waals surface area contributed by atoms with E-state index in [0.717, 1.165) is 0 Å². The summed E-state index contributed by atoms with van der Waals surface area (Å²) in [6, 6.07) is 5.86. The van der Waals surface area contributed by atoms with Gasteiger partial charge in [-0.25, -0.2) is 0 Å². The molecule has 0 saturated carbocycles. The number of hydrogen-bond acceptors (Lipinski definition) is 1. The van der Waals surface area contributed by atoms with Crippen molar-refractivity contribution in [3.63, 3.8) is 0 Å². The summed E-state index contributed by atoms with van der Waals surface area (Å²) in [7, 11) is 0. The minimum Gasteiger partial charge on any atom is -0.192 e. The molecule has 0 atom stereocenters. The van der Waals surface area contributed by atoms with Gasteiger partial charge in [-0.1, -0.05) is 15.9 Å². The van der Waals surface area contributed by atoms with Crippen molar-refractivity contribution in [1.82, 2.24) is 0 Å². The predicted molar refractivity (Wildman–Crippen MR) is 48.6 cm³/mol. The molecule has 0 unspecified atom stereocenters. The van der Waals surface area contributed by atoms with E-state index in [4.69, 9.17) is 5.26 Å². The van der Waals surface area contributed by atoms with Gasteiger partial charge < -0.3 is 0 Å². The molecule has 0 amide bonds. The summed E-state index contributed by atoms with van der Waals surface area (Å²) in [5.41, 5.74) is 0.307. The van der Waals surface area contributed by atoms with Crippen LogP contribution in [-0.2, 0) is 6.42 Å². The molecule has 0 spiro atoms. The van der Waals surface area contributed by atoms with Crippen molar-refractivity contribution in [2.24, 2.45) is 0 Å². The summed E-state index contributed by atoms with van der Waals surface area (Å²) in [5, 5.41) is 8.53. The van der Waals surface area contributed by atoms with Crippen LogP contribution in [-0.4, -0.2) is 6.18 Å². The molecule has 0 N–H and O–H groups in total. The van der Waals surface area contributed by atoms with Gasteiger partial charge in [0, 0.05) is 4.47 Å². The van der Waals surface area contributed by atoms with E-state index in [1.54, 1.807) is 6.07 Å². The van der Waals surface area contributed by atoms with Gasteiger partial charge in [-0.3, -0.25) is 0 Å². The lowest BCUT2D eigenvalue weighted by Gasteiger charge is -2.06. The molecule has 1 nitrogen and oxygen atoms in total. The van der Waals surface area contributed by atoms with E-state index in [2.05, 4.69) is 15.9 Å². The van der Waals surface area contributed by atoms with Gasteiger partial charge in [0.25, 0.3) is 0 Å². The second kappa shape index (κ2) is 4.01. The molecule has 1 rings (SSSR count). The molecular weight excluding hydrogens is 259 g/mol. The van der Waals surface area contributed by atoms with Crippen LogP contribution in [0.3, 0.4) is 0 Å². The average molecular weight is 264 g/mol. The van der Waals surface area contributed by atoms with E-state index in [-0.39, 0.29) is 11.1 Å². The highest BCUT2D eigenvalue weighted by Crippen LogP contribution is 2.24. The van der Waals surface area contributed by atoms with Crippen molar-refractivity contribution in [2.45, 2.75) is 12.6 Å². The van der Waals surface area contributed by atoms with Crippen LogP contribution in [0.25, 0.3) is 0 Å². The molecule has 0 aliphatic rings. The summed E-state index contributed by atoms with van der Waals surface area (Å²) in [6.45, 7) is 0. The SMILES string of the molecule is N#Cc1cc(Br)cc(CC(F)(F)F)c1. The van der Waals surface area contributed by atoms with Crippen molar-refractivity contribution in [1.29, 1.82) is 5.26 Å². The van der Waals surface area contributed by atoms with E-state index in [9.17, 15) is 13.2 Å². The molecule has 0 aliphatic heterocycles. The highest BCUT2D eigenvalue weighted by molar-refractivity contribution is 9.10. The molecule has 0 bridgehead atoms. The molecule has 0 heterocycles. The fourth-order valence-electron chi connectivity index (χ4n) is 1.05. The Hall–Kier alpha value is -1.02. The Morgan fingerprint density at radius 2 is 1.93 bits per heavy atom. The molecule has 0 radical (unpaired) electrons. The average Bonchev–Trinajstić information content (AvgIpc) is 1.99. The summed E-state index contributed by atoms with van der Waals surface area (Å²) in [5.74, 6) is 0. The van der Waals surface area contributed by atoms with Crippen LogP contribution in [0.2, 0.25) is 0 Å². The first kappa shape index (κ1) is 11.1. The Morgan fingerprint density at radius 3 is 2.43 bits per heavy atom. The third-order valence-electron chi connectivity index (χ3n) is 1.49. The summed E-state index contributed by atoms with van der Waals surface area (Å²) in [6.07, 6.45) is -5.26. The van der Waals surface area contributed by atoms with Gasteiger partial charge in [0.05, 0.1) is 18.1 Å². The second-order valence-corrected chi connectivity index (χ2v) is 3.67. The monoisotopic (exact) mass is 263 g/mol. The Morgan fingerprint density at radius 1 is 1.29 bits per heavy atom. The largest absolute Gasteiger partial charge is 0.393 e. The quantitative estimate of drug-likeness (QED) is 0.762. The number of alkyl halides is 3. The van der Waals surface area contributed by atoms with Crippen LogP contribution >= 0.6 is 15.9 Å². The molecular formula is C9H5BrF3N. The van der Waals surface area contributed by atoms with Crippen LogP contribution in [0.15, 0.2) is 22.7 Å². The third-order valence-corrected chi connectivity index (χ3v) is 1.95. The number of halogens is 4.